The fourth-order valence-corrected chi connectivity index (χ4v) is 4.80. The fourth-order valence-electron chi connectivity index (χ4n) is 4.17. The summed E-state index contributed by atoms with van der Waals surface area (Å²) in [5.74, 6) is 1.46. The van der Waals surface area contributed by atoms with Crippen molar-refractivity contribution in [1.29, 1.82) is 0 Å². The van der Waals surface area contributed by atoms with E-state index in [-0.39, 0.29) is 35.0 Å². The third-order valence-corrected chi connectivity index (χ3v) is 6.93. The number of nitrogens with one attached hydrogen (secondary N) is 1. The maximum absolute atomic E-state index is 13.6. The minimum absolute atomic E-state index is 0.171. The molecular weight excluding hydrogens is 492 g/mol. The average molecular weight is 521 g/mol. The molecule has 0 unspecified atom stereocenters. The first-order chi connectivity index (χ1) is 18.0. The molecule has 4 heterocycles. The average Bonchev–Trinajstić information content (AvgIpc) is 3.74. The highest BCUT2D eigenvalue weighted by Crippen LogP contribution is 2.44. The van der Waals surface area contributed by atoms with Crippen LogP contribution in [0.3, 0.4) is 0 Å². The normalized spacial score (nSPS) is 14.1. The first kappa shape index (κ1) is 25.0. The van der Waals surface area contributed by atoms with E-state index in [2.05, 4.69) is 42.1 Å². The number of ether oxygens (including phenoxy) is 1. The summed E-state index contributed by atoms with van der Waals surface area (Å²) < 4.78 is 6.89. The lowest BCUT2D eigenvalue weighted by Crippen LogP contribution is -2.30. The molecule has 1 aliphatic carbocycles. The van der Waals surface area contributed by atoms with Gasteiger partial charge in [-0.3, -0.25) is 14.3 Å². The van der Waals surface area contributed by atoms with Crippen molar-refractivity contribution in [2.24, 2.45) is 0 Å². The van der Waals surface area contributed by atoms with Gasteiger partial charge >= 0.3 is 0 Å². The van der Waals surface area contributed by atoms with Gasteiger partial charge in [0.1, 0.15) is 17.4 Å². The number of rotatable bonds is 10. The Morgan fingerprint density at radius 1 is 1.19 bits per heavy atom. The van der Waals surface area contributed by atoms with Crippen LogP contribution in [0.4, 0.5) is 5.82 Å². The topological polar surface area (TPSA) is 141 Å². The molecule has 2 N–H and O–H groups in total. The monoisotopic (exact) mass is 520 g/mol. The first-order valence-electron chi connectivity index (χ1n) is 12.1. The van der Waals surface area contributed by atoms with Crippen LogP contribution in [0.15, 0.2) is 40.5 Å². The summed E-state index contributed by atoms with van der Waals surface area (Å²) in [6, 6.07) is 3.61. The number of pyridine rings is 1. The lowest BCUT2D eigenvalue weighted by molar-refractivity contribution is 0.162. The molecule has 0 aliphatic heterocycles. The van der Waals surface area contributed by atoms with Gasteiger partial charge in [-0.2, -0.15) is 0 Å². The molecule has 1 fully saturated rings. The van der Waals surface area contributed by atoms with Crippen LogP contribution in [0.1, 0.15) is 50.0 Å². The van der Waals surface area contributed by atoms with Crippen molar-refractivity contribution in [2.45, 2.75) is 50.1 Å². The van der Waals surface area contributed by atoms with E-state index in [4.69, 9.17) is 4.74 Å². The van der Waals surface area contributed by atoms with Gasteiger partial charge in [0, 0.05) is 24.1 Å². The summed E-state index contributed by atoms with van der Waals surface area (Å²) >= 11 is 1.72. The highest BCUT2D eigenvalue weighted by molar-refractivity contribution is 7.99. The van der Waals surface area contributed by atoms with Gasteiger partial charge in [0.05, 0.1) is 36.8 Å². The highest BCUT2D eigenvalue weighted by Gasteiger charge is 2.31. The van der Waals surface area contributed by atoms with Crippen molar-refractivity contribution >= 4 is 28.7 Å². The predicted octanol–water partition coefficient (Wildman–Crippen LogP) is 3.55. The molecule has 0 radical (unpaired) electrons. The van der Waals surface area contributed by atoms with Crippen molar-refractivity contribution in [3.8, 4) is 17.3 Å². The molecule has 0 spiro atoms. The number of aromatic nitrogens is 7. The summed E-state index contributed by atoms with van der Waals surface area (Å²) in [6.45, 7) is 4.60. The molecule has 0 amide bonds. The number of thioether (sulfide) groups is 1. The van der Waals surface area contributed by atoms with Gasteiger partial charge in [0.25, 0.3) is 5.56 Å². The Morgan fingerprint density at radius 2 is 2.03 bits per heavy atom. The molecule has 11 nitrogen and oxygen atoms in total. The van der Waals surface area contributed by atoms with Crippen LogP contribution in [0.25, 0.3) is 22.6 Å². The maximum atomic E-state index is 13.6. The van der Waals surface area contributed by atoms with Gasteiger partial charge in [-0.05, 0) is 37.7 Å². The summed E-state index contributed by atoms with van der Waals surface area (Å²) in [5.41, 5.74) is 2.33. The molecule has 4 aromatic rings. The molecule has 1 aliphatic rings. The highest BCUT2D eigenvalue weighted by atomic mass is 32.2. The minimum atomic E-state index is -0.337. The van der Waals surface area contributed by atoms with Crippen molar-refractivity contribution in [3.63, 3.8) is 0 Å². The van der Waals surface area contributed by atoms with Crippen LogP contribution in [-0.4, -0.2) is 59.0 Å². The smallest absolute Gasteiger partial charge is 0.295 e. The molecule has 1 atom stereocenters. The van der Waals surface area contributed by atoms with Crippen LogP contribution in [0.5, 0.6) is 5.88 Å². The van der Waals surface area contributed by atoms with Crippen molar-refractivity contribution in [2.75, 3.05) is 24.8 Å². The summed E-state index contributed by atoms with van der Waals surface area (Å²) in [7, 11) is 1.58. The van der Waals surface area contributed by atoms with E-state index in [0.717, 1.165) is 29.2 Å². The van der Waals surface area contributed by atoms with Crippen LogP contribution in [0, 0.1) is 0 Å². The molecule has 4 aromatic heterocycles. The second kappa shape index (κ2) is 10.8. The van der Waals surface area contributed by atoms with E-state index >= 15 is 0 Å². The maximum Gasteiger partial charge on any atom is 0.295 e. The summed E-state index contributed by atoms with van der Waals surface area (Å²) in [6.07, 6.45) is 6.69. The number of aromatic hydroxyl groups is 1. The second-order valence-corrected chi connectivity index (χ2v) is 10.2. The predicted molar refractivity (Wildman–Crippen MR) is 141 cm³/mol. The van der Waals surface area contributed by atoms with Crippen molar-refractivity contribution in [1.82, 2.24) is 34.5 Å². The van der Waals surface area contributed by atoms with Gasteiger partial charge in [-0.25, -0.2) is 24.9 Å². The number of nitrogens with zero attached hydrogens (tertiary/aromatic N) is 7. The molecular formula is C25H28N8O3S. The SMILES string of the molecule is CCSc1ccc(CNc2nc3cnc(-c4c(O)ncnc4C4CC4)nc3n([C@@H](C)COC)c2=O)nc1. The third kappa shape index (κ3) is 5.25. The van der Waals surface area contributed by atoms with E-state index in [1.54, 1.807) is 29.6 Å². The van der Waals surface area contributed by atoms with Crippen LogP contribution in [0.2, 0.25) is 0 Å². The standard InChI is InChI=1S/C25H28N8O3S/c1-4-37-17-8-7-16(26-10-17)9-27-22-25(35)33(14(2)12-36-3)23-18(31-22)11-28-21(32-23)19-20(15-5-6-15)29-13-30-24(19)34/h7-8,10-11,13-15H,4-6,9,12H2,1-3H3,(H,27,31)(H,29,30,34)/t14-/m0/s1. The van der Waals surface area contributed by atoms with Crippen LogP contribution in [-0.2, 0) is 11.3 Å². The van der Waals surface area contributed by atoms with Gasteiger partial charge in [-0.15, -0.1) is 11.8 Å². The third-order valence-electron chi connectivity index (χ3n) is 6.07. The number of anilines is 1. The first-order valence-corrected chi connectivity index (χ1v) is 13.1. The van der Waals surface area contributed by atoms with Crippen LogP contribution >= 0.6 is 11.8 Å². The quantitative estimate of drug-likeness (QED) is 0.297. The second-order valence-electron chi connectivity index (χ2n) is 8.85. The zero-order valence-corrected chi connectivity index (χ0v) is 21.7. The van der Waals surface area contributed by atoms with E-state index in [1.165, 1.54) is 6.33 Å². The largest absolute Gasteiger partial charge is 0.493 e. The molecule has 0 bridgehead atoms. The molecule has 5 rings (SSSR count). The van der Waals surface area contributed by atoms with Gasteiger partial charge in [0.2, 0.25) is 5.88 Å². The number of fused-ring (bicyclic) bond motifs is 1. The Bertz CT molecular complexity index is 1470. The Hall–Kier alpha value is -3.64. The van der Waals surface area contributed by atoms with E-state index in [1.807, 2.05) is 25.3 Å². The molecule has 192 valence electrons. The Labute approximate surface area is 217 Å². The molecule has 0 aromatic carbocycles. The molecule has 0 saturated heterocycles. The van der Waals surface area contributed by atoms with E-state index in [9.17, 15) is 9.90 Å². The summed E-state index contributed by atoms with van der Waals surface area (Å²) in [4.78, 5) is 41.1. The van der Waals surface area contributed by atoms with Crippen molar-refractivity contribution in [3.05, 3.63) is 52.6 Å². The molecule has 1 saturated carbocycles. The lowest BCUT2D eigenvalue weighted by Gasteiger charge is -2.18. The Morgan fingerprint density at radius 3 is 2.73 bits per heavy atom. The van der Waals surface area contributed by atoms with Gasteiger partial charge in [-0.1, -0.05) is 6.92 Å². The molecule has 37 heavy (non-hydrogen) atoms. The Kier molecular flexibility index (Phi) is 7.28. The fraction of sp³-hybridized carbons (Fsp3) is 0.400. The Balaban J connectivity index is 1.55. The molecule has 12 heteroatoms. The van der Waals surface area contributed by atoms with Crippen molar-refractivity contribution < 1.29 is 9.84 Å². The minimum Gasteiger partial charge on any atom is -0.493 e. The number of methoxy groups -OCH3 is 1. The van der Waals surface area contributed by atoms with Gasteiger partial charge in [0.15, 0.2) is 17.3 Å². The van der Waals surface area contributed by atoms with E-state index in [0.29, 0.717) is 35.6 Å². The van der Waals surface area contributed by atoms with Gasteiger partial charge < -0.3 is 15.2 Å². The number of hydrogen-bond acceptors (Lipinski definition) is 11. The van der Waals surface area contributed by atoms with E-state index < -0.39 is 0 Å². The number of hydrogen-bond donors (Lipinski definition) is 2. The lowest BCUT2D eigenvalue weighted by atomic mass is 10.1. The summed E-state index contributed by atoms with van der Waals surface area (Å²) in [5, 5.41) is 13.7. The zero-order valence-electron chi connectivity index (χ0n) is 20.9. The van der Waals surface area contributed by atoms with Crippen LogP contribution < -0.4 is 10.9 Å². The zero-order chi connectivity index (χ0) is 25.9.